The Balaban J connectivity index is 2.06. The monoisotopic (exact) mass is 328 g/mol. The van der Waals surface area contributed by atoms with Gasteiger partial charge in [-0.3, -0.25) is 9.78 Å². The molecule has 1 aromatic heterocycles. The number of nitrogens with zero attached hydrogens (tertiary/aromatic N) is 1. The molecule has 0 saturated carbocycles. The maximum absolute atomic E-state index is 12.1. The van der Waals surface area contributed by atoms with Crippen molar-refractivity contribution in [2.75, 3.05) is 0 Å². The summed E-state index contributed by atoms with van der Waals surface area (Å²) in [7, 11) is 0. The van der Waals surface area contributed by atoms with Crippen LogP contribution in [0.25, 0.3) is 0 Å². The Morgan fingerprint density at radius 3 is 2.42 bits per heavy atom. The fourth-order valence-corrected chi connectivity index (χ4v) is 2.25. The number of carbonyl (C=O) groups is 2. The van der Waals surface area contributed by atoms with E-state index in [2.05, 4.69) is 10.3 Å². The molecule has 0 saturated heterocycles. The van der Waals surface area contributed by atoms with E-state index in [4.69, 9.17) is 9.47 Å². The van der Waals surface area contributed by atoms with E-state index < -0.39 is 18.4 Å². The van der Waals surface area contributed by atoms with Gasteiger partial charge in [-0.1, -0.05) is 36.4 Å². The number of esters is 1. The van der Waals surface area contributed by atoms with Gasteiger partial charge in [0.15, 0.2) is 0 Å². The van der Waals surface area contributed by atoms with E-state index >= 15 is 0 Å². The van der Waals surface area contributed by atoms with Gasteiger partial charge < -0.3 is 14.8 Å². The molecule has 1 unspecified atom stereocenters. The van der Waals surface area contributed by atoms with E-state index in [-0.39, 0.29) is 6.04 Å². The van der Waals surface area contributed by atoms with Crippen molar-refractivity contribution in [3.63, 3.8) is 0 Å². The number of aromatic nitrogens is 1. The molecule has 24 heavy (non-hydrogen) atoms. The predicted octanol–water partition coefficient (Wildman–Crippen LogP) is 3.00. The molecule has 0 fully saturated rings. The van der Waals surface area contributed by atoms with Crippen molar-refractivity contribution in [3.8, 4) is 0 Å². The SMILES string of the molecule is CC(=O)OC(C)OC(=O)N[C@@H](Cc1ccccn1)c1ccccc1. The Hall–Kier alpha value is -2.89. The van der Waals surface area contributed by atoms with Gasteiger partial charge in [0, 0.05) is 32.2 Å². The third-order valence-corrected chi connectivity index (χ3v) is 3.24. The summed E-state index contributed by atoms with van der Waals surface area (Å²) in [5.74, 6) is -0.511. The number of amides is 1. The Bertz CT molecular complexity index is 661. The quantitative estimate of drug-likeness (QED) is 0.651. The number of pyridine rings is 1. The van der Waals surface area contributed by atoms with Gasteiger partial charge in [-0.2, -0.15) is 0 Å². The molecule has 2 aromatic rings. The van der Waals surface area contributed by atoms with Gasteiger partial charge in [0.25, 0.3) is 0 Å². The normalized spacial score (nSPS) is 12.8. The predicted molar refractivity (Wildman–Crippen MR) is 88.0 cm³/mol. The number of ether oxygens (including phenoxy) is 2. The van der Waals surface area contributed by atoms with Crippen molar-refractivity contribution in [1.29, 1.82) is 0 Å². The molecule has 0 radical (unpaired) electrons. The van der Waals surface area contributed by atoms with Crippen LogP contribution in [0.3, 0.4) is 0 Å². The van der Waals surface area contributed by atoms with E-state index in [1.807, 2.05) is 48.5 Å². The average molecular weight is 328 g/mol. The average Bonchev–Trinajstić information content (AvgIpc) is 2.55. The molecule has 6 heteroatoms. The van der Waals surface area contributed by atoms with Crippen molar-refractivity contribution in [2.45, 2.75) is 32.6 Å². The minimum absolute atomic E-state index is 0.307. The molecule has 2 rings (SSSR count). The summed E-state index contributed by atoms with van der Waals surface area (Å²) < 4.78 is 9.83. The largest absolute Gasteiger partial charge is 0.426 e. The molecule has 0 aliphatic rings. The summed E-state index contributed by atoms with van der Waals surface area (Å²) in [6.45, 7) is 2.74. The third-order valence-electron chi connectivity index (χ3n) is 3.24. The maximum atomic E-state index is 12.1. The van der Waals surface area contributed by atoms with Crippen molar-refractivity contribution in [1.82, 2.24) is 10.3 Å². The molecule has 0 bridgehead atoms. The van der Waals surface area contributed by atoms with Gasteiger partial charge in [-0.25, -0.2) is 4.79 Å². The number of benzene rings is 1. The molecular weight excluding hydrogens is 308 g/mol. The van der Waals surface area contributed by atoms with Crippen LogP contribution in [0.5, 0.6) is 0 Å². The van der Waals surface area contributed by atoms with Crippen molar-refractivity contribution >= 4 is 12.1 Å². The number of hydrogen-bond donors (Lipinski definition) is 1. The smallest absolute Gasteiger partial charge is 0.410 e. The Labute approximate surface area is 140 Å². The molecular formula is C18H20N2O4. The van der Waals surface area contributed by atoms with Crippen LogP contribution in [-0.2, 0) is 20.7 Å². The number of rotatable bonds is 6. The molecule has 1 N–H and O–H groups in total. The zero-order valence-corrected chi connectivity index (χ0v) is 13.6. The lowest BCUT2D eigenvalue weighted by molar-refractivity contribution is -0.162. The summed E-state index contributed by atoms with van der Waals surface area (Å²) in [5.41, 5.74) is 1.78. The fraction of sp³-hybridized carbons (Fsp3) is 0.278. The minimum atomic E-state index is -0.950. The Kier molecular flexibility index (Phi) is 6.31. The van der Waals surface area contributed by atoms with E-state index in [9.17, 15) is 9.59 Å². The fourth-order valence-electron chi connectivity index (χ4n) is 2.25. The molecule has 0 spiro atoms. The summed E-state index contributed by atoms with van der Waals surface area (Å²) in [5, 5.41) is 2.79. The maximum Gasteiger partial charge on any atom is 0.410 e. The first-order valence-electron chi connectivity index (χ1n) is 7.64. The van der Waals surface area contributed by atoms with Crippen LogP contribution in [0, 0.1) is 0 Å². The van der Waals surface area contributed by atoms with E-state index in [1.54, 1.807) is 6.20 Å². The molecule has 1 aromatic carbocycles. The Morgan fingerprint density at radius 1 is 1.08 bits per heavy atom. The van der Waals surface area contributed by atoms with Crippen LogP contribution in [0.4, 0.5) is 4.79 Å². The van der Waals surface area contributed by atoms with Crippen LogP contribution in [0.1, 0.15) is 31.1 Å². The second-order valence-electron chi connectivity index (χ2n) is 5.22. The van der Waals surface area contributed by atoms with Crippen molar-refractivity contribution in [3.05, 3.63) is 66.0 Å². The lowest BCUT2D eigenvalue weighted by atomic mass is 10.0. The third kappa shape index (κ3) is 5.72. The van der Waals surface area contributed by atoms with Gasteiger partial charge in [0.2, 0.25) is 6.29 Å². The number of alkyl carbamates (subject to hydrolysis) is 1. The van der Waals surface area contributed by atoms with Gasteiger partial charge in [0.05, 0.1) is 6.04 Å². The molecule has 0 aliphatic carbocycles. The van der Waals surface area contributed by atoms with Crippen LogP contribution < -0.4 is 5.32 Å². The summed E-state index contributed by atoms with van der Waals surface area (Å²) in [6.07, 6.45) is 0.614. The molecule has 2 atom stereocenters. The first-order valence-corrected chi connectivity index (χ1v) is 7.64. The first kappa shape index (κ1) is 17.5. The van der Waals surface area contributed by atoms with Crippen LogP contribution in [-0.4, -0.2) is 23.3 Å². The second kappa shape index (κ2) is 8.67. The highest BCUT2D eigenvalue weighted by Crippen LogP contribution is 2.17. The van der Waals surface area contributed by atoms with Gasteiger partial charge in [-0.15, -0.1) is 0 Å². The summed E-state index contributed by atoms with van der Waals surface area (Å²) >= 11 is 0. The number of carbonyl (C=O) groups excluding carboxylic acids is 2. The van der Waals surface area contributed by atoms with E-state index in [0.717, 1.165) is 11.3 Å². The molecule has 1 amide bonds. The van der Waals surface area contributed by atoms with Crippen molar-refractivity contribution in [2.24, 2.45) is 0 Å². The first-order chi connectivity index (χ1) is 11.5. The van der Waals surface area contributed by atoms with Gasteiger partial charge in [0.1, 0.15) is 0 Å². The van der Waals surface area contributed by atoms with Gasteiger partial charge in [-0.05, 0) is 17.7 Å². The van der Waals surface area contributed by atoms with Crippen molar-refractivity contribution < 1.29 is 19.1 Å². The minimum Gasteiger partial charge on any atom is -0.426 e. The second-order valence-corrected chi connectivity index (χ2v) is 5.22. The standard InChI is InChI=1S/C18H20N2O4/c1-13(21)23-14(2)24-18(22)20-17(15-8-4-3-5-9-15)12-16-10-6-7-11-19-16/h3-11,14,17H,12H2,1-2H3,(H,20,22)/t14?,17-/m0/s1. The van der Waals surface area contributed by atoms with E-state index in [0.29, 0.717) is 6.42 Å². The zero-order chi connectivity index (χ0) is 17.4. The van der Waals surface area contributed by atoms with Crippen LogP contribution >= 0.6 is 0 Å². The lowest BCUT2D eigenvalue weighted by Crippen LogP contribution is -2.34. The number of hydrogen-bond acceptors (Lipinski definition) is 5. The molecule has 126 valence electrons. The molecule has 1 heterocycles. The molecule has 0 aliphatic heterocycles. The summed E-state index contributed by atoms with van der Waals surface area (Å²) in [4.78, 5) is 27.2. The highest BCUT2D eigenvalue weighted by atomic mass is 16.7. The Morgan fingerprint density at radius 2 is 1.79 bits per heavy atom. The lowest BCUT2D eigenvalue weighted by Gasteiger charge is -2.20. The zero-order valence-electron chi connectivity index (χ0n) is 13.6. The summed E-state index contributed by atoms with van der Waals surface area (Å²) in [6, 6.07) is 14.9. The highest BCUT2D eigenvalue weighted by molar-refractivity contribution is 5.69. The van der Waals surface area contributed by atoms with Gasteiger partial charge >= 0.3 is 12.1 Å². The topological polar surface area (TPSA) is 77.5 Å². The highest BCUT2D eigenvalue weighted by Gasteiger charge is 2.19. The van der Waals surface area contributed by atoms with Crippen LogP contribution in [0.15, 0.2) is 54.7 Å². The number of nitrogens with one attached hydrogen (secondary N) is 1. The molecule has 6 nitrogen and oxygen atoms in total. The van der Waals surface area contributed by atoms with Crippen LogP contribution in [0.2, 0.25) is 0 Å². The van der Waals surface area contributed by atoms with E-state index in [1.165, 1.54) is 13.8 Å².